The van der Waals surface area contributed by atoms with Crippen LogP contribution < -0.4 is 10.5 Å². The normalized spacial score (nSPS) is 11.4. The van der Waals surface area contributed by atoms with Crippen LogP contribution in [0.2, 0.25) is 0 Å². The van der Waals surface area contributed by atoms with Crippen molar-refractivity contribution in [3.8, 4) is 5.75 Å². The first-order valence-electron chi connectivity index (χ1n) is 8.20. The van der Waals surface area contributed by atoms with Gasteiger partial charge >= 0.3 is 6.18 Å². The lowest BCUT2D eigenvalue weighted by molar-refractivity contribution is -0.136. The zero-order valence-electron chi connectivity index (χ0n) is 14.8. The number of halogens is 3. The standard InChI is InChI=1S/C19H17F3N4O2/c1-26(18(23)24)17(27)14-9-12-13(19(20,21)22)7-8-15(16(12)25-14)28-10-11-5-3-2-4-6-11/h2-9,25H,10H2,1H3,(H3,23,24). The SMILES string of the molecule is CN(C(=N)N)C(=O)c1cc2c(C(F)(F)F)ccc(OCc3ccccc3)c2[nH]1. The average molecular weight is 390 g/mol. The van der Waals surface area contributed by atoms with Crippen LogP contribution in [0.4, 0.5) is 13.2 Å². The second-order valence-corrected chi connectivity index (χ2v) is 6.10. The second-order valence-electron chi connectivity index (χ2n) is 6.10. The third kappa shape index (κ3) is 3.78. The second kappa shape index (κ2) is 7.26. The van der Waals surface area contributed by atoms with Gasteiger partial charge in [-0.25, -0.2) is 0 Å². The van der Waals surface area contributed by atoms with Crippen LogP contribution in [0.5, 0.6) is 5.75 Å². The molecule has 0 fully saturated rings. The topological polar surface area (TPSA) is 95.2 Å². The molecule has 146 valence electrons. The van der Waals surface area contributed by atoms with E-state index in [1.54, 1.807) is 0 Å². The van der Waals surface area contributed by atoms with Crippen molar-refractivity contribution in [1.82, 2.24) is 9.88 Å². The Kier molecular flexibility index (Phi) is 5.00. The average Bonchev–Trinajstić information content (AvgIpc) is 3.10. The third-order valence-electron chi connectivity index (χ3n) is 4.19. The summed E-state index contributed by atoms with van der Waals surface area (Å²) >= 11 is 0. The number of carbonyl (C=O) groups excluding carboxylic acids is 1. The molecule has 0 spiro atoms. The molecule has 3 rings (SSSR count). The van der Waals surface area contributed by atoms with Crippen molar-refractivity contribution in [3.63, 3.8) is 0 Å². The number of nitrogens with two attached hydrogens (primary N) is 1. The maximum absolute atomic E-state index is 13.4. The molecule has 0 aliphatic rings. The van der Waals surface area contributed by atoms with Crippen molar-refractivity contribution < 1.29 is 22.7 Å². The van der Waals surface area contributed by atoms with Crippen molar-refractivity contribution in [1.29, 1.82) is 5.41 Å². The Hall–Kier alpha value is -3.49. The molecule has 0 saturated carbocycles. The largest absolute Gasteiger partial charge is 0.487 e. The van der Waals surface area contributed by atoms with Gasteiger partial charge < -0.3 is 15.5 Å². The number of H-pyrrole nitrogens is 1. The number of hydrogen-bond donors (Lipinski definition) is 3. The van der Waals surface area contributed by atoms with Crippen LogP contribution in [-0.4, -0.2) is 28.8 Å². The first kappa shape index (κ1) is 19.3. The van der Waals surface area contributed by atoms with E-state index in [9.17, 15) is 18.0 Å². The molecule has 4 N–H and O–H groups in total. The fraction of sp³-hybridized carbons (Fsp3) is 0.158. The van der Waals surface area contributed by atoms with Gasteiger partial charge in [0.1, 0.15) is 18.1 Å². The quantitative estimate of drug-likeness (QED) is 0.468. The molecular weight excluding hydrogens is 373 g/mol. The Labute approximate surface area is 158 Å². The van der Waals surface area contributed by atoms with Crippen molar-refractivity contribution in [3.05, 3.63) is 65.4 Å². The van der Waals surface area contributed by atoms with Gasteiger partial charge in [-0.1, -0.05) is 30.3 Å². The monoisotopic (exact) mass is 390 g/mol. The van der Waals surface area contributed by atoms with E-state index in [0.717, 1.165) is 22.6 Å². The predicted molar refractivity (Wildman–Crippen MR) is 98.1 cm³/mol. The van der Waals surface area contributed by atoms with Crippen LogP contribution in [0.25, 0.3) is 10.9 Å². The van der Waals surface area contributed by atoms with Crippen LogP contribution in [-0.2, 0) is 12.8 Å². The molecule has 0 aliphatic carbocycles. The fourth-order valence-corrected chi connectivity index (χ4v) is 2.70. The molecule has 0 unspecified atom stereocenters. The van der Waals surface area contributed by atoms with Crippen LogP contribution in [0.15, 0.2) is 48.5 Å². The summed E-state index contributed by atoms with van der Waals surface area (Å²) < 4.78 is 45.9. The van der Waals surface area contributed by atoms with E-state index < -0.39 is 23.6 Å². The number of aromatic amines is 1. The first-order chi connectivity index (χ1) is 13.2. The van der Waals surface area contributed by atoms with E-state index in [0.29, 0.717) is 0 Å². The van der Waals surface area contributed by atoms with Gasteiger partial charge in [0.2, 0.25) is 0 Å². The van der Waals surface area contributed by atoms with Crippen molar-refractivity contribution in [2.75, 3.05) is 7.05 Å². The molecule has 1 amide bonds. The summed E-state index contributed by atoms with van der Waals surface area (Å²) in [4.78, 5) is 15.9. The van der Waals surface area contributed by atoms with Gasteiger partial charge in [0.15, 0.2) is 5.96 Å². The van der Waals surface area contributed by atoms with Crippen LogP contribution in [0.1, 0.15) is 21.6 Å². The van der Waals surface area contributed by atoms with Crippen molar-refractivity contribution >= 4 is 22.8 Å². The molecule has 0 radical (unpaired) electrons. The number of rotatable bonds is 4. The number of ether oxygens (including phenoxy) is 1. The molecular formula is C19H17F3N4O2. The molecule has 0 bridgehead atoms. The van der Waals surface area contributed by atoms with Crippen molar-refractivity contribution in [2.45, 2.75) is 12.8 Å². The van der Waals surface area contributed by atoms with E-state index in [-0.39, 0.29) is 29.0 Å². The molecule has 9 heteroatoms. The highest BCUT2D eigenvalue weighted by Gasteiger charge is 2.34. The van der Waals surface area contributed by atoms with Gasteiger partial charge in [0.05, 0.1) is 11.1 Å². The molecule has 0 atom stereocenters. The Bertz CT molecular complexity index is 1030. The molecule has 28 heavy (non-hydrogen) atoms. The predicted octanol–water partition coefficient (Wildman–Crippen LogP) is 3.73. The number of amides is 1. The zero-order chi connectivity index (χ0) is 20.5. The van der Waals surface area contributed by atoms with E-state index in [4.69, 9.17) is 15.9 Å². The summed E-state index contributed by atoms with van der Waals surface area (Å²) in [6, 6.07) is 12.4. The molecule has 0 saturated heterocycles. The minimum absolute atomic E-state index is 0.0473. The number of fused-ring (bicyclic) bond motifs is 1. The molecule has 1 heterocycles. The van der Waals surface area contributed by atoms with E-state index in [1.165, 1.54) is 13.1 Å². The van der Waals surface area contributed by atoms with Crippen LogP contribution in [0, 0.1) is 5.41 Å². The lowest BCUT2D eigenvalue weighted by Crippen LogP contribution is -2.38. The van der Waals surface area contributed by atoms with Gasteiger partial charge in [0, 0.05) is 12.4 Å². The number of aromatic nitrogens is 1. The van der Waals surface area contributed by atoms with Gasteiger partial charge in [0.25, 0.3) is 5.91 Å². The van der Waals surface area contributed by atoms with Gasteiger partial charge in [-0.05, 0) is 23.8 Å². The smallest absolute Gasteiger partial charge is 0.417 e. The van der Waals surface area contributed by atoms with Gasteiger partial charge in [-0.15, -0.1) is 0 Å². The Balaban J connectivity index is 2.05. The maximum Gasteiger partial charge on any atom is 0.417 e. The summed E-state index contributed by atoms with van der Waals surface area (Å²) in [6.07, 6.45) is -4.61. The number of nitrogens with zero attached hydrogens (tertiary/aromatic N) is 1. The summed E-state index contributed by atoms with van der Waals surface area (Å²) in [5.41, 5.74) is 5.15. The summed E-state index contributed by atoms with van der Waals surface area (Å²) in [6.45, 7) is 0.150. The molecule has 2 aromatic carbocycles. The highest BCUT2D eigenvalue weighted by atomic mass is 19.4. The number of guanidine groups is 1. The Morgan fingerprint density at radius 3 is 2.50 bits per heavy atom. The number of alkyl halides is 3. The number of nitrogens with one attached hydrogen (secondary N) is 2. The zero-order valence-corrected chi connectivity index (χ0v) is 14.8. The molecule has 1 aromatic heterocycles. The van der Waals surface area contributed by atoms with Gasteiger partial charge in [-0.2, -0.15) is 13.2 Å². The molecule has 0 aliphatic heterocycles. The first-order valence-corrected chi connectivity index (χ1v) is 8.20. The summed E-state index contributed by atoms with van der Waals surface area (Å²) in [5.74, 6) is -1.08. The molecule has 3 aromatic rings. The Morgan fingerprint density at radius 1 is 1.21 bits per heavy atom. The maximum atomic E-state index is 13.4. The number of hydrogen-bond acceptors (Lipinski definition) is 3. The Morgan fingerprint density at radius 2 is 1.89 bits per heavy atom. The third-order valence-corrected chi connectivity index (χ3v) is 4.19. The number of carbonyl (C=O) groups is 1. The van der Waals surface area contributed by atoms with E-state index in [1.807, 2.05) is 30.3 Å². The van der Waals surface area contributed by atoms with E-state index >= 15 is 0 Å². The summed E-state index contributed by atoms with van der Waals surface area (Å²) in [7, 11) is 1.26. The highest BCUT2D eigenvalue weighted by molar-refractivity contribution is 6.06. The minimum Gasteiger partial charge on any atom is -0.487 e. The van der Waals surface area contributed by atoms with Crippen molar-refractivity contribution in [2.24, 2.45) is 5.73 Å². The van der Waals surface area contributed by atoms with Crippen LogP contribution >= 0.6 is 0 Å². The number of benzene rings is 2. The lowest BCUT2D eigenvalue weighted by atomic mass is 10.1. The van der Waals surface area contributed by atoms with E-state index in [2.05, 4.69) is 4.98 Å². The summed E-state index contributed by atoms with van der Waals surface area (Å²) in [5, 5.41) is 7.13. The van der Waals surface area contributed by atoms with Crippen LogP contribution in [0.3, 0.4) is 0 Å². The lowest BCUT2D eigenvalue weighted by Gasteiger charge is -2.13. The molecule has 6 nitrogen and oxygen atoms in total. The highest BCUT2D eigenvalue weighted by Crippen LogP contribution is 2.39. The van der Waals surface area contributed by atoms with Gasteiger partial charge in [-0.3, -0.25) is 15.1 Å². The minimum atomic E-state index is -4.61. The fourth-order valence-electron chi connectivity index (χ4n) is 2.70.